The Morgan fingerprint density at radius 1 is 1.47 bits per heavy atom. The first-order chi connectivity index (χ1) is 7.14. The average Bonchev–Trinajstić information content (AvgIpc) is 2.99. The molecule has 1 aliphatic carbocycles. The van der Waals surface area contributed by atoms with Gasteiger partial charge in [0.15, 0.2) is 0 Å². The Morgan fingerprint density at radius 2 is 2.13 bits per heavy atom. The maximum absolute atomic E-state index is 9.59. The van der Waals surface area contributed by atoms with Crippen LogP contribution in [-0.4, -0.2) is 36.5 Å². The van der Waals surface area contributed by atoms with Crippen LogP contribution >= 0.6 is 0 Å². The van der Waals surface area contributed by atoms with E-state index >= 15 is 0 Å². The Hall–Kier alpha value is -0.120. The van der Waals surface area contributed by atoms with E-state index in [0.717, 1.165) is 13.0 Å². The van der Waals surface area contributed by atoms with E-state index in [1.54, 1.807) is 0 Å². The van der Waals surface area contributed by atoms with Gasteiger partial charge in [0.1, 0.15) is 0 Å². The van der Waals surface area contributed by atoms with E-state index in [9.17, 15) is 5.11 Å². The highest BCUT2D eigenvalue weighted by Gasteiger charge is 2.45. The van der Waals surface area contributed by atoms with E-state index in [2.05, 4.69) is 26.1 Å². The van der Waals surface area contributed by atoms with Gasteiger partial charge in [0.2, 0.25) is 0 Å². The maximum Gasteiger partial charge on any atom is 0.0681 e. The van der Waals surface area contributed by atoms with Gasteiger partial charge in [0.25, 0.3) is 0 Å². The van der Waals surface area contributed by atoms with Gasteiger partial charge in [-0.2, -0.15) is 0 Å². The standard InChI is InChI=1S/C12H25NO2/c1-4-7-15-9-12(8-14,11-5-6-11)13-10(2)3/h10-11,13-14H,4-9H2,1-3H3. The van der Waals surface area contributed by atoms with Crippen LogP contribution < -0.4 is 5.32 Å². The van der Waals surface area contributed by atoms with Crippen LogP contribution in [0, 0.1) is 5.92 Å². The minimum absolute atomic E-state index is 0.180. The molecule has 1 unspecified atom stereocenters. The normalized spacial score (nSPS) is 20.6. The molecule has 2 N–H and O–H groups in total. The number of nitrogens with one attached hydrogen (secondary N) is 1. The summed E-state index contributed by atoms with van der Waals surface area (Å²) in [6, 6.07) is 0.392. The Kier molecular flexibility index (Phi) is 5.03. The molecule has 0 heterocycles. The molecule has 0 saturated heterocycles. The Morgan fingerprint density at radius 3 is 2.53 bits per heavy atom. The molecule has 1 rings (SSSR count). The first-order valence-corrected chi connectivity index (χ1v) is 6.11. The van der Waals surface area contributed by atoms with E-state index in [1.165, 1.54) is 12.8 Å². The van der Waals surface area contributed by atoms with Gasteiger partial charge in [0.05, 0.1) is 18.8 Å². The molecular weight excluding hydrogens is 190 g/mol. The fourth-order valence-electron chi connectivity index (χ4n) is 2.11. The SMILES string of the molecule is CCCOCC(CO)(NC(C)C)C1CC1. The lowest BCUT2D eigenvalue weighted by Crippen LogP contribution is -2.56. The summed E-state index contributed by atoms with van der Waals surface area (Å²) in [4.78, 5) is 0. The number of hydrogen-bond acceptors (Lipinski definition) is 3. The van der Waals surface area contributed by atoms with Gasteiger partial charge in [-0.1, -0.05) is 20.8 Å². The fraction of sp³-hybridized carbons (Fsp3) is 1.00. The molecule has 15 heavy (non-hydrogen) atoms. The molecule has 0 aliphatic heterocycles. The number of aliphatic hydroxyl groups is 1. The quantitative estimate of drug-likeness (QED) is 0.604. The molecule has 1 fully saturated rings. The second kappa shape index (κ2) is 5.83. The predicted octanol–water partition coefficient (Wildman–Crippen LogP) is 1.55. The van der Waals surface area contributed by atoms with Crippen LogP contribution in [0.3, 0.4) is 0 Å². The highest BCUT2D eigenvalue weighted by Crippen LogP contribution is 2.40. The van der Waals surface area contributed by atoms with Crippen LogP contribution in [0.1, 0.15) is 40.0 Å². The van der Waals surface area contributed by atoms with Gasteiger partial charge in [-0.25, -0.2) is 0 Å². The van der Waals surface area contributed by atoms with E-state index in [0.29, 0.717) is 18.6 Å². The molecule has 0 bridgehead atoms. The van der Waals surface area contributed by atoms with Gasteiger partial charge in [-0.15, -0.1) is 0 Å². The fourth-order valence-corrected chi connectivity index (χ4v) is 2.11. The van der Waals surface area contributed by atoms with Crippen molar-refractivity contribution >= 4 is 0 Å². The van der Waals surface area contributed by atoms with Crippen molar-refractivity contribution in [3.05, 3.63) is 0 Å². The second-order valence-electron chi connectivity index (χ2n) is 4.94. The zero-order valence-electron chi connectivity index (χ0n) is 10.3. The minimum atomic E-state index is -0.191. The van der Waals surface area contributed by atoms with Crippen LogP contribution in [0.4, 0.5) is 0 Å². The monoisotopic (exact) mass is 215 g/mol. The van der Waals surface area contributed by atoms with Crippen molar-refractivity contribution < 1.29 is 9.84 Å². The van der Waals surface area contributed by atoms with Crippen molar-refractivity contribution in [3.8, 4) is 0 Å². The summed E-state index contributed by atoms with van der Waals surface area (Å²) in [5.74, 6) is 0.599. The van der Waals surface area contributed by atoms with Crippen molar-refractivity contribution in [2.24, 2.45) is 5.92 Å². The molecule has 0 aromatic carbocycles. The van der Waals surface area contributed by atoms with Crippen molar-refractivity contribution in [1.29, 1.82) is 0 Å². The number of ether oxygens (including phenoxy) is 1. The Balaban J connectivity index is 2.48. The molecule has 1 atom stereocenters. The second-order valence-corrected chi connectivity index (χ2v) is 4.94. The van der Waals surface area contributed by atoms with Gasteiger partial charge in [-0.05, 0) is 25.2 Å². The average molecular weight is 215 g/mol. The molecule has 3 nitrogen and oxygen atoms in total. The molecule has 1 saturated carbocycles. The van der Waals surface area contributed by atoms with E-state index in [-0.39, 0.29) is 12.1 Å². The highest BCUT2D eigenvalue weighted by atomic mass is 16.5. The third kappa shape index (κ3) is 3.74. The third-order valence-electron chi connectivity index (χ3n) is 2.93. The van der Waals surface area contributed by atoms with E-state index in [1.807, 2.05) is 0 Å². The molecule has 3 heteroatoms. The molecular formula is C12H25NO2. The number of rotatable bonds is 8. The molecule has 0 amide bonds. The first kappa shape index (κ1) is 12.9. The van der Waals surface area contributed by atoms with Gasteiger partial charge in [-0.3, -0.25) is 0 Å². The summed E-state index contributed by atoms with van der Waals surface area (Å²) in [7, 11) is 0. The van der Waals surface area contributed by atoms with Crippen molar-refractivity contribution in [1.82, 2.24) is 5.32 Å². The van der Waals surface area contributed by atoms with Gasteiger partial charge >= 0.3 is 0 Å². The Labute approximate surface area is 93.2 Å². The first-order valence-electron chi connectivity index (χ1n) is 6.11. The molecule has 0 radical (unpaired) electrons. The summed E-state index contributed by atoms with van der Waals surface area (Å²) in [5, 5.41) is 13.1. The largest absolute Gasteiger partial charge is 0.394 e. The van der Waals surface area contributed by atoms with Crippen molar-refractivity contribution in [2.75, 3.05) is 19.8 Å². The van der Waals surface area contributed by atoms with Crippen molar-refractivity contribution in [2.45, 2.75) is 51.6 Å². The lowest BCUT2D eigenvalue weighted by atomic mass is 9.94. The zero-order valence-corrected chi connectivity index (χ0v) is 10.3. The van der Waals surface area contributed by atoms with Crippen LogP contribution in [0.2, 0.25) is 0 Å². The molecule has 90 valence electrons. The maximum atomic E-state index is 9.59. The molecule has 0 aromatic heterocycles. The van der Waals surface area contributed by atoms with Gasteiger partial charge in [0, 0.05) is 12.6 Å². The van der Waals surface area contributed by atoms with Crippen LogP contribution in [0.5, 0.6) is 0 Å². The summed E-state index contributed by atoms with van der Waals surface area (Å²) >= 11 is 0. The number of aliphatic hydroxyl groups excluding tert-OH is 1. The van der Waals surface area contributed by atoms with Crippen LogP contribution in [0.15, 0.2) is 0 Å². The Bertz CT molecular complexity index is 180. The summed E-state index contributed by atoms with van der Waals surface area (Å²) in [6.45, 7) is 7.95. The van der Waals surface area contributed by atoms with Crippen molar-refractivity contribution in [3.63, 3.8) is 0 Å². The summed E-state index contributed by atoms with van der Waals surface area (Å²) in [6.07, 6.45) is 3.47. The van der Waals surface area contributed by atoms with E-state index < -0.39 is 0 Å². The predicted molar refractivity (Wildman–Crippen MR) is 61.9 cm³/mol. The van der Waals surface area contributed by atoms with Gasteiger partial charge < -0.3 is 15.2 Å². The van der Waals surface area contributed by atoms with Crippen LogP contribution in [-0.2, 0) is 4.74 Å². The molecule has 1 aliphatic rings. The smallest absolute Gasteiger partial charge is 0.0681 e. The van der Waals surface area contributed by atoms with Crippen LogP contribution in [0.25, 0.3) is 0 Å². The zero-order chi connectivity index (χ0) is 11.3. The summed E-state index contributed by atoms with van der Waals surface area (Å²) < 4.78 is 5.62. The highest BCUT2D eigenvalue weighted by molar-refractivity contribution is 5.01. The molecule has 0 aromatic rings. The number of hydrogen-bond donors (Lipinski definition) is 2. The lowest BCUT2D eigenvalue weighted by Gasteiger charge is -2.35. The summed E-state index contributed by atoms with van der Waals surface area (Å²) in [5.41, 5.74) is -0.191. The third-order valence-corrected chi connectivity index (χ3v) is 2.93. The lowest BCUT2D eigenvalue weighted by molar-refractivity contribution is 0.0195. The molecule has 0 spiro atoms. The minimum Gasteiger partial charge on any atom is -0.394 e. The van der Waals surface area contributed by atoms with E-state index in [4.69, 9.17) is 4.74 Å². The topological polar surface area (TPSA) is 41.5 Å².